The smallest absolute Gasteiger partial charge is 0.329 e. The second-order valence-corrected chi connectivity index (χ2v) is 6.48. The molecule has 0 bridgehead atoms. The molecule has 6 heteroatoms. The van der Waals surface area contributed by atoms with Gasteiger partial charge in [0.15, 0.2) is 0 Å². The Labute approximate surface area is 132 Å². The van der Waals surface area contributed by atoms with Gasteiger partial charge in [-0.1, -0.05) is 28.1 Å². The highest BCUT2D eigenvalue weighted by Gasteiger charge is 2.46. The molecule has 1 aliphatic rings. The van der Waals surface area contributed by atoms with Crippen molar-refractivity contribution < 1.29 is 14.7 Å². The van der Waals surface area contributed by atoms with Crippen molar-refractivity contribution in [1.82, 2.24) is 10.2 Å². The molecule has 1 fully saturated rings. The van der Waals surface area contributed by atoms with Crippen LogP contribution < -0.4 is 5.32 Å². The van der Waals surface area contributed by atoms with Crippen molar-refractivity contribution in [3.8, 4) is 0 Å². The zero-order valence-corrected chi connectivity index (χ0v) is 13.7. The van der Waals surface area contributed by atoms with Gasteiger partial charge in [-0.05, 0) is 44.4 Å². The summed E-state index contributed by atoms with van der Waals surface area (Å²) in [5.41, 5.74) is -0.143. The third kappa shape index (κ3) is 3.20. The largest absolute Gasteiger partial charge is 0.480 e. The second-order valence-electron chi connectivity index (χ2n) is 5.56. The van der Waals surface area contributed by atoms with Crippen LogP contribution >= 0.6 is 15.9 Å². The van der Waals surface area contributed by atoms with E-state index in [1.54, 1.807) is 6.92 Å². The van der Waals surface area contributed by atoms with Crippen molar-refractivity contribution in [2.45, 2.75) is 38.3 Å². The molecule has 5 nitrogen and oxygen atoms in total. The molecule has 1 heterocycles. The Hall–Kier alpha value is -1.56. The first-order valence-corrected chi connectivity index (χ1v) is 7.71. The van der Waals surface area contributed by atoms with Crippen LogP contribution in [-0.4, -0.2) is 34.1 Å². The van der Waals surface area contributed by atoms with Crippen LogP contribution in [0.25, 0.3) is 0 Å². The normalized spacial score (nSPS) is 22.9. The average Bonchev–Trinajstić information content (AvgIpc) is 2.82. The van der Waals surface area contributed by atoms with Gasteiger partial charge in [0.1, 0.15) is 5.54 Å². The van der Waals surface area contributed by atoms with Crippen LogP contribution in [0.3, 0.4) is 0 Å². The lowest BCUT2D eigenvalue weighted by Crippen LogP contribution is -2.54. The minimum Gasteiger partial charge on any atom is -0.480 e. The lowest BCUT2D eigenvalue weighted by Gasteiger charge is -2.32. The highest BCUT2D eigenvalue weighted by molar-refractivity contribution is 9.10. The lowest BCUT2D eigenvalue weighted by atomic mass is 9.99. The molecule has 2 unspecified atom stereocenters. The van der Waals surface area contributed by atoms with E-state index in [9.17, 15) is 14.7 Å². The number of nitrogens with zero attached hydrogens (tertiary/aromatic N) is 1. The van der Waals surface area contributed by atoms with E-state index in [2.05, 4.69) is 21.2 Å². The molecule has 0 saturated carbocycles. The fourth-order valence-corrected chi connectivity index (χ4v) is 3.05. The third-order valence-electron chi connectivity index (χ3n) is 4.04. The van der Waals surface area contributed by atoms with Gasteiger partial charge in [0.05, 0.1) is 6.04 Å². The second kappa shape index (κ2) is 6.05. The Morgan fingerprint density at radius 1 is 1.48 bits per heavy atom. The number of halogens is 1. The number of benzene rings is 1. The fourth-order valence-electron chi connectivity index (χ4n) is 2.63. The number of likely N-dealkylation sites (tertiary alicyclic amines) is 1. The molecule has 114 valence electrons. The summed E-state index contributed by atoms with van der Waals surface area (Å²) in [6, 6.07) is 7.17. The Balaban J connectivity index is 2.09. The summed E-state index contributed by atoms with van der Waals surface area (Å²) in [5.74, 6) is -0.953. The molecule has 21 heavy (non-hydrogen) atoms. The van der Waals surface area contributed by atoms with Crippen LogP contribution in [0.1, 0.15) is 38.3 Å². The van der Waals surface area contributed by atoms with E-state index in [1.165, 1.54) is 4.90 Å². The van der Waals surface area contributed by atoms with Crippen LogP contribution in [-0.2, 0) is 4.79 Å². The number of amides is 2. The number of hydrogen-bond acceptors (Lipinski definition) is 2. The van der Waals surface area contributed by atoms with E-state index in [4.69, 9.17) is 0 Å². The van der Waals surface area contributed by atoms with Crippen molar-refractivity contribution in [2.75, 3.05) is 6.54 Å². The van der Waals surface area contributed by atoms with Gasteiger partial charge in [-0.3, -0.25) is 0 Å². The van der Waals surface area contributed by atoms with E-state index in [0.29, 0.717) is 19.4 Å². The highest BCUT2D eigenvalue weighted by Crippen LogP contribution is 2.29. The number of carboxylic acids is 1. The molecule has 1 aromatic carbocycles. The topological polar surface area (TPSA) is 69.6 Å². The van der Waals surface area contributed by atoms with Gasteiger partial charge in [-0.2, -0.15) is 0 Å². The van der Waals surface area contributed by atoms with Crippen LogP contribution in [0.15, 0.2) is 28.7 Å². The van der Waals surface area contributed by atoms with E-state index in [0.717, 1.165) is 10.0 Å². The minimum atomic E-state index is -1.11. The summed E-state index contributed by atoms with van der Waals surface area (Å²) < 4.78 is 0.942. The zero-order valence-electron chi connectivity index (χ0n) is 12.1. The van der Waals surface area contributed by atoms with E-state index in [1.807, 2.05) is 31.2 Å². The summed E-state index contributed by atoms with van der Waals surface area (Å²) in [6.07, 6.45) is 1.20. The van der Waals surface area contributed by atoms with E-state index < -0.39 is 11.5 Å². The number of carbonyl (C=O) groups excluding carboxylic acids is 1. The zero-order chi connectivity index (χ0) is 15.6. The summed E-state index contributed by atoms with van der Waals surface area (Å²) in [6.45, 7) is 3.96. The van der Waals surface area contributed by atoms with E-state index >= 15 is 0 Å². The Bertz CT molecular complexity index is 564. The SMILES string of the molecule is CC(NC(=O)N1CCCC1(C)C(=O)O)c1cccc(Br)c1. The van der Waals surface area contributed by atoms with Crippen LogP contribution in [0.4, 0.5) is 4.79 Å². The summed E-state index contributed by atoms with van der Waals surface area (Å²) >= 11 is 3.40. The number of urea groups is 1. The Morgan fingerprint density at radius 3 is 2.81 bits per heavy atom. The predicted octanol–water partition coefficient (Wildman–Crippen LogP) is 3.16. The van der Waals surface area contributed by atoms with Gasteiger partial charge in [-0.15, -0.1) is 0 Å². The van der Waals surface area contributed by atoms with Gasteiger partial charge < -0.3 is 15.3 Å². The maximum absolute atomic E-state index is 12.4. The monoisotopic (exact) mass is 354 g/mol. The number of rotatable bonds is 3. The fraction of sp³-hybridized carbons (Fsp3) is 0.467. The molecule has 0 spiro atoms. The molecule has 2 atom stereocenters. The number of nitrogens with one attached hydrogen (secondary N) is 1. The molecule has 2 amide bonds. The molecule has 2 rings (SSSR count). The summed E-state index contributed by atoms with van der Waals surface area (Å²) in [7, 11) is 0. The highest BCUT2D eigenvalue weighted by atomic mass is 79.9. The standard InChI is InChI=1S/C15H19BrN2O3/c1-10(11-5-3-6-12(16)9-11)17-14(21)18-8-4-7-15(18,2)13(19)20/h3,5-6,9-10H,4,7-8H2,1-2H3,(H,17,21)(H,19,20). The minimum absolute atomic E-state index is 0.186. The first-order valence-electron chi connectivity index (χ1n) is 6.91. The van der Waals surface area contributed by atoms with Gasteiger partial charge in [0.2, 0.25) is 0 Å². The predicted molar refractivity (Wildman–Crippen MR) is 83.1 cm³/mol. The Kier molecular flexibility index (Phi) is 4.56. The van der Waals surface area contributed by atoms with Gasteiger partial charge in [0.25, 0.3) is 0 Å². The number of aliphatic carboxylic acids is 1. The Morgan fingerprint density at radius 2 is 2.19 bits per heavy atom. The first-order chi connectivity index (χ1) is 9.84. The van der Waals surface area contributed by atoms with Crippen molar-refractivity contribution >= 4 is 27.9 Å². The maximum atomic E-state index is 12.4. The van der Waals surface area contributed by atoms with Crippen LogP contribution in [0.5, 0.6) is 0 Å². The third-order valence-corrected chi connectivity index (χ3v) is 4.53. The molecule has 0 aliphatic carbocycles. The van der Waals surface area contributed by atoms with Gasteiger partial charge in [-0.25, -0.2) is 9.59 Å². The summed E-state index contributed by atoms with van der Waals surface area (Å²) in [4.78, 5) is 25.2. The first kappa shape index (κ1) is 15.8. The van der Waals surface area contributed by atoms with Crippen LogP contribution in [0.2, 0.25) is 0 Å². The van der Waals surface area contributed by atoms with Crippen LogP contribution in [0, 0.1) is 0 Å². The van der Waals surface area contributed by atoms with Gasteiger partial charge >= 0.3 is 12.0 Å². The lowest BCUT2D eigenvalue weighted by molar-refractivity contribution is -0.147. The molecule has 2 N–H and O–H groups in total. The van der Waals surface area contributed by atoms with Crippen molar-refractivity contribution in [1.29, 1.82) is 0 Å². The van der Waals surface area contributed by atoms with E-state index in [-0.39, 0.29) is 12.1 Å². The molecule has 0 radical (unpaired) electrons. The molecule has 1 aliphatic heterocycles. The molecular formula is C15H19BrN2O3. The quantitative estimate of drug-likeness (QED) is 0.875. The number of carboxylic acid groups (broad SMARTS) is 1. The maximum Gasteiger partial charge on any atom is 0.329 e. The van der Waals surface area contributed by atoms with Gasteiger partial charge in [0, 0.05) is 11.0 Å². The van der Waals surface area contributed by atoms with Crippen molar-refractivity contribution in [2.24, 2.45) is 0 Å². The molecule has 1 aromatic rings. The van der Waals surface area contributed by atoms with Crippen molar-refractivity contribution in [3.05, 3.63) is 34.3 Å². The number of hydrogen-bond donors (Lipinski definition) is 2. The molecule has 0 aromatic heterocycles. The van der Waals surface area contributed by atoms with Crippen molar-refractivity contribution in [3.63, 3.8) is 0 Å². The molecule has 1 saturated heterocycles. The number of carbonyl (C=O) groups is 2. The summed E-state index contributed by atoms with van der Waals surface area (Å²) in [5, 5.41) is 12.2. The average molecular weight is 355 g/mol. The molecular weight excluding hydrogens is 336 g/mol.